The molecule has 164 valence electrons. The van der Waals surface area contributed by atoms with Crippen LogP contribution in [0, 0.1) is 10.1 Å². The number of ether oxygens (including phenoxy) is 1. The van der Waals surface area contributed by atoms with Crippen molar-refractivity contribution in [3.8, 4) is 0 Å². The lowest BCUT2D eigenvalue weighted by Gasteiger charge is -2.15. The van der Waals surface area contributed by atoms with Gasteiger partial charge in [0.05, 0.1) is 10.5 Å². The van der Waals surface area contributed by atoms with E-state index in [1.807, 2.05) is 0 Å². The zero-order chi connectivity index (χ0) is 23.2. The highest BCUT2D eigenvalue weighted by atomic mass is 19.4. The number of non-ortho nitro benzene ring substituents is 1. The first-order valence-electron chi connectivity index (χ1n) is 8.67. The fourth-order valence-corrected chi connectivity index (χ4v) is 2.32. The average Bonchev–Trinajstić information content (AvgIpc) is 2.71. The summed E-state index contributed by atoms with van der Waals surface area (Å²) in [7, 11) is 0. The zero-order valence-electron chi connectivity index (χ0n) is 15.9. The van der Waals surface area contributed by atoms with E-state index >= 15 is 0 Å². The molecule has 1 unspecified atom stereocenters. The number of hydrogen-bond donors (Lipinski definition) is 2. The van der Waals surface area contributed by atoms with E-state index in [1.54, 1.807) is 0 Å². The molecule has 9 nitrogen and oxygen atoms in total. The van der Waals surface area contributed by atoms with Crippen LogP contribution in [0.4, 0.5) is 24.5 Å². The number of nitro benzene ring substituents is 1. The quantitative estimate of drug-likeness (QED) is 0.388. The van der Waals surface area contributed by atoms with Gasteiger partial charge in [-0.15, -0.1) is 0 Å². The Hall–Kier alpha value is -3.96. The van der Waals surface area contributed by atoms with Gasteiger partial charge in [0.2, 0.25) is 0 Å². The SMILES string of the molecule is CC(OC(=O)CNC(=O)c1cccc([N+](=O)[O-])c1)C(=O)Nc1cccc(C(F)(F)F)c1. The lowest BCUT2D eigenvalue weighted by molar-refractivity contribution is -0.384. The van der Waals surface area contributed by atoms with E-state index in [9.17, 15) is 37.7 Å². The first kappa shape index (κ1) is 23.3. The Labute approximate surface area is 173 Å². The van der Waals surface area contributed by atoms with E-state index in [2.05, 4.69) is 10.6 Å². The van der Waals surface area contributed by atoms with E-state index in [1.165, 1.54) is 31.2 Å². The third-order valence-corrected chi connectivity index (χ3v) is 3.85. The minimum atomic E-state index is -4.59. The van der Waals surface area contributed by atoms with Crippen LogP contribution in [0.15, 0.2) is 48.5 Å². The van der Waals surface area contributed by atoms with Crippen molar-refractivity contribution in [2.24, 2.45) is 0 Å². The van der Waals surface area contributed by atoms with Crippen LogP contribution in [0.1, 0.15) is 22.8 Å². The van der Waals surface area contributed by atoms with Gasteiger partial charge in [-0.05, 0) is 31.2 Å². The number of halogens is 3. The standard InChI is InChI=1S/C19H16F3N3O6/c1-11(17(27)24-14-6-3-5-13(9-14)19(20,21)22)31-16(26)10-23-18(28)12-4-2-7-15(8-12)25(29)30/h2-9,11H,10H2,1H3,(H,23,28)(H,24,27). The topological polar surface area (TPSA) is 128 Å². The monoisotopic (exact) mass is 439 g/mol. The van der Waals surface area contributed by atoms with Crippen LogP contribution in [0.5, 0.6) is 0 Å². The third kappa shape index (κ3) is 6.80. The van der Waals surface area contributed by atoms with Crippen LogP contribution in [0.25, 0.3) is 0 Å². The smallest absolute Gasteiger partial charge is 0.416 e. The molecule has 0 heterocycles. The van der Waals surface area contributed by atoms with Crippen molar-refractivity contribution in [3.63, 3.8) is 0 Å². The molecule has 2 amide bonds. The Balaban J connectivity index is 1.88. The number of carbonyl (C=O) groups excluding carboxylic acids is 3. The van der Waals surface area contributed by atoms with Gasteiger partial charge in [0, 0.05) is 23.4 Å². The van der Waals surface area contributed by atoms with Gasteiger partial charge in [-0.2, -0.15) is 13.2 Å². The summed E-state index contributed by atoms with van der Waals surface area (Å²) < 4.78 is 43.0. The van der Waals surface area contributed by atoms with Gasteiger partial charge in [0.1, 0.15) is 6.54 Å². The van der Waals surface area contributed by atoms with Crippen LogP contribution in [-0.2, 0) is 20.5 Å². The van der Waals surface area contributed by atoms with Gasteiger partial charge in [0.15, 0.2) is 6.10 Å². The van der Waals surface area contributed by atoms with Gasteiger partial charge < -0.3 is 15.4 Å². The first-order chi connectivity index (χ1) is 14.5. The molecule has 0 saturated heterocycles. The van der Waals surface area contributed by atoms with Gasteiger partial charge >= 0.3 is 12.1 Å². The number of carbonyl (C=O) groups is 3. The number of rotatable bonds is 7. The normalized spacial score (nSPS) is 11.9. The van der Waals surface area contributed by atoms with E-state index in [0.29, 0.717) is 0 Å². The molecule has 2 N–H and O–H groups in total. The molecule has 0 aliphatic heterocycles. The molecule has 0 aliphatic rings. The predicted octanol–water partition coefficient (Wildman–Crippen LogP) is 2.91. The minimum Gasteiger partial charge on any atom is -0.451 e. The molecule has 1 atom stereocenters. The Bertz CT molecular complexity index is 1010. The predicted molar refractivity (Wildman–Crippen MR) is 101 cm³/mol. The van der Waals surface area contributed by atoms with Crippen molar-refractivity contribution in [2.75, 3.05) is 11.9 Å². The number of hydrogen-bond acceptors (Lipinski definition) is 6. The number of esters is 1. The summed E-state index contributed by atoms with van der Waals surface area (Å²) in [5, 5.41) is 15.1. The molecular weight excluding hydrogens is 423 g/mol. The Morgan fingerprint density at radius 3 is 2.45 bits per heavy atom. The summed E-state index contributed by atoms with van der Waals surface area (Å²) in [5.74, 6) is -2.65. The summed E-state index contributed by atoms with van der Waals surface area (Å²) >= 11 is 0. The molecule has 0 fully saturated rings. The molecule has 0 aliphatic carbocycles. The highest BCUT2D eigenvalue weighted by Crippen LogP contribution is 2.30. The summed E-state index contributed by atoms with van der Waals surface area (Å²) in [5.41, 5.74) is -1.46. The van der Waals surface area contributed by atoms with Crippen LogP contribution in [0.3, 0.4) is 0 Å². The highest BCUT2D eigenvalue weighted by molar-refractivity contribution is 5.97. The number of alkyl halides is 3. The number of amides is 2. The Kier molecular flexibility index (Phi) is 7.29. The highest BCUT2D eigenvalue weighted by Gasteiger charge is 2.30. The van der Waals surface area contributed by atoms with Crippen molar-refractivity contribution in [1.82, 2.24) is 5.32 Å². The molecule has 0 saturated carbocycles. The third-order valence-electron chi connectivity index (χ3n) is 3.85. The van der Waals surface area contributed by atoms with Crippen LogP contribution >= 0.6 is 0 Å². The second kappa shape index (κ2) is 9.69. The average molecular weight is 439 g/mol. The zero-order valence-corrected chi connectivity index (χ0v) is 15.9. The van der Waals surface area contributed by atoms with Crippen LogP contribution in [-0.4, -0.2) is 35.4 Å². The molecule has 2 rings (SSSR count). The van der Waals surface area contributed by atoms with Crippen molar-refractivity contribution in [2.45, 2.75) is 19.2 Å². The van der Waals surface area contributed by atoms with E-state index in [4.69, 9.17) is 4.74 Å². The lowest BCUT2D eigenvalue weighted by Crippen LogP contribution is -2.35. The number of nitrogens with one attached hydrogen (secondary N) is 2. The molecule has 31 heavy (non-hydrogen) atoms. The van der Waals surface area contributed by atoms with Crippen molar-refractivity contribution >= 4 is 29.2 Å². The maximum Gasteiger partial charge on any atom is 0.416 e. The molecule has 12 heteroatoms. The maximum atomic E-state index is 12.7. The fraction of sp³-hybridized carbons (Fsp3) is 0.211. The minimum absolute atomic E-state index is 0.0580. The number of nitrogens with zero attached hydrogens (tertiary/aromatic N) is 1. The second-order valence-corrected chi connectivity index (χ2v) is 6.19. The number of anilines is 1. The lowest BCUT2D eigenvalue weighted by atomic mass is 10.2. The molecule has 0 aromatic heterocycles. The first-order valence-corrected chi connectivity index (χ1v) is 8.67. The molecule has 0 bridgehead atoms. The Morgan fingerprint density at radius 2 is 1.81 bits per heavy atom. The second-order valence-electron chi connectivity index (χ2n) is 6.19. The van der Waals surface area contributed by atoms with Gasteiger partial charge in [-0.25, -0.2) is 0 Å². The summed E-state index contributed by atoms with van der Waals surface area (Å²) in [6.45, 7) is 0.561. The molecule has 2 aromatic carbocycles. The summed E-state index contributed by atoms with van der Waals surface area (Å²) in [4.78, 5) is 45.9. The largest absolute Gasteiger partial charge is 0.451 e. The van der Waals surface area contributed by atoms with Gasteiger partial charge in [-0.3, -0.25) is 24.5 Å². The number of nitro groups is 1. The molecule has 0 spiro atoms. The Morgan fingerprint density at radius 1 is 1.13 bits per heavy atom. The van der Waals surface area contributed by atoms with Gasteiger partial charge in [-0.1, -0.05) is 12.1 Å². The maximum absolute atomic E-state index is 12.7. The van der Waals surface area contributed by atoms with Gasteiger partial charge in [0.25, 0.3) is 17.5 Å². The molecule has 2 aromatic rings. The van der Waals surface area contributed by atoms with Crippen LogP contribution < -0.4 is 10.6 Å². The molecule has 0 radical (unpaired) electrons. The van der Waals surface area contributed by atoms with E-state index in [0.717, 1.165) is 24.3 Å². The fourth-order valence-electron chi connectivity index (χ4n) is 2.32. The molecular formula is C19H16F3N3O6. The van der Waals surface area contributed by atoms with Crippen LogP contribution in [0.2, 0.25) is 0 Å². The van der Waals surface area contributed by atoms with Crippen molar-refractivity contribution in [1.29, 1.82) is 0 Å². The summed E-state index contributed by atoms with van der Waals surface area (Å²) in [6.07, 6.45) is -5.95. The number of benzene rings is 2. The van der Waals surface area contributed by atoms with E-state index in [-0.39, 0.29) is 16.9 Å². The van der Waals surface area contributed by atoms with Crippen molar-refractivity contribution < 1.29 is 37.2 Å². The summed E-state index contributed by atoms with van der Waals surface area (Å²) in [6, 6.07) is 8.72. The van der Waals surface area contributed by atoms with E-state index < -0.39 is 47.1 Å². The van der Waals surface area contributed by atoms with Crippen molar-refractivity contribution in [3.05, 3.63) is 69.8 Å².